The van der Waals surface area contributed by atoms with Gasteiger partial charge in [0, 0.05) is 35.0 Å². The highest BCUT2D eigenvalue weighted by molar-refractivity contribution is 7.13. The summed E-state index contributed by atoms with van der Waals surface area (Å²) in [5.41, 5.74) is 2.72. The molecule has 0 unspecified atom stereocenters. The van der Waals surface area contributed by atoms with E-state index in [1.807, 2.05) is 48.7 Å². The van der Waals surface area contributed by atoms with Crippen molar-refractivity contribution in [2.45, 2.75) is 19.8 Å². The summed E-state index contributed by atoms with van der Waals surface area (Å²) in [6.45, 7) is 3.48. The van der Waals surface area contributed by atoms with Crippen molar-refractivity contribution in [3.63, 3.8) is 0 Å². The van der Waals surface area contributed by atoms with Crippen molar-refractivity contribution in [1.82, 2.24) is 15.2 Å². The van der Waals surface area contributed by atoms with Crippen LogP contribution in [0.2, 0.25) is 5.02 Å². The fourth-order valence-corrected chi connectivity index (χ4v) is 4.08. The molecular formula is C20H20ClN5OS. The number of aryl methyl sites for hydroxylation is 1. The fourth-order valence-electron chi connectivity index (χ4n) is 3.26. The van der Waals surface area contributed by atoms with Crippen LogP contribution in [0.15, 0.2) is 41.8 Å². The molecule has 1 N–H and O–H groups in total. The second kappa shape index (κ2) is 8.24. The van der Waals surface area contributed by atoms with Crippen molar-refractivity contribution in [3.05, 3.63) is 52.5 Å². The second-order valence-electron chi connectivity index (χ2n) is 6.83. The molecule has 0 aliphatic carbocycles. The summed E-state index contributed by atoms with van der Waals surface area (Å²) in [4.78, 5) is 18.9. The Morgan fingerprint density at radius 2 is 1.89 bits per heavy atom. The quantitative estimate of drug-likeness (QED) is 0.685. The topological polar surface area (TPSA) is 71.0 Å². The molecule has 0 radical (unpaired) electrons. The number of aromatic nitrogens is 3. The molecule has 1 aliphatic rings. The SMILES string of the molecule is Cc1csc(NC(=O)C2CCN(c3ccc(-c4ccc(Cl)cc4)nn3)CC2)n1. The Bertz CT molecular complexity index is 949. The Morgan fingerprint density at radius 3 is 2.50 bits per heavy atom. The van der Waals surface area contributed by atoms with E-state index in [-0.39, 0.29) is 11.8 Å². The zero-order chi connectivity index (χ0) is 19.5. The van der Waals surface area contributed by atoms with E-state index in [0.29, 0.717) is 10.2 Å². The van der Waals surface area contributed by atoms with Crippen molar-refractivity contribution < 1.29 is 4.79 Å². The molecule has 3 heterocycles. The average molecular weight is 414 g/mol. The molecule has 144 valence electrons. The Balaban J connectivity index is 1.34. The van der Waals surface area contributed by atoms with Crippen LogP contribution in [0.1, 0.15) is 18.5 Å². The lowest BCUT2D eigenvalue weighted by Crippen LogP contribution is -2.38. The van der Waals surface area contributed by atoms with Gasteiger partial charge in [0.05, 0.1) is 11.4 Å². The van der Waals surface area contributed by atoms with E-state index in [1.165, 1.54) is 11.3 Å². The minimum atomic E-state index is 0.00163. The summed E-state index contributed by atoms with van der Waals surface area (Å²) in [6, 6.07) is 11.5. The predicted octanol–water partition coefficient (Wildman–Crippen LogP) is 4.42. The molecule has 1 amide bonds. The van der Waals surface area contributed by atoms with E-state index in [9.17, 15) is 4.79 Å². The van der Waals surface area contributed by atoms with E-state index in [1.54, 1.807) is 0 Å². The van der Waals surface area contributed by atoms with Crippen molar-refractivity contribution in [3.8, 4) is 11.3 Å². The minimum Gasteiger partial charge on any atom is -0.355 e. The summed E-state index contributed by atoms with van der Waals surface area (Å²) < 4.78 is 0. The summed E-state index contributed by atoms with van der Waals surface area (Å²) in [5.74, 6) is 0.895. The first-order chi connectivity index (χ1) is 13.6. The molecular weight excluding hydrogens is 394 g/mol. The van der Waals surface area contributed by atoms with E-state index in [0.717, 1.165) is 48.7 Å². The Hall–Kier alpha value is -2.51. The maximum atomic E-state index is 12.4. The lowest BCUT2D eigenvalue weighted by molar-refractivity contribution is -0.120. The first-order valence-corrected chi connectivity index (χ1v) is 10.4. The molecule has 1 aliphatic heterocycles. The first kappa shape index (κ1) is 18.8. The van der Waals surface area contributed by atoms with Crippen LogP contribution in [-0.4, -0.2) is 34.2 Å². The second-order valence-corrected chi connectivity index (χ2v) is 8.12. The third-order valence-corrected chi connectivity index (χ3v) is 5.96. The number of amides is 1. The fraction of sp³-hybridized carbons (Fsp3) is 0.300. The van der Waals surface area contributed by atoms with Crippen LogP contribution < -0.4 is 10.2 Å². The molecule has 1 saturated heterocycles. The highest BCUT2D eigenvalue weighted by atomic mass is 35.5. The van der Waals surface area contributed by atoms with Gasteiger partial charge in [-0.3, -0.25) is 4.79 Å². The summed E-state index contributed by atoms with van der Waals surface area (Å²) in [7, 11) is 0. The zero-order valence-corrected chi connectivity index (χ0v) is 17.0. The van der Waals surface area contributed by atoms with Crippen molar-refractivity contribution in [1.29, 1.82) is 0 Å². The van der Waals surface area contributed by atoms with Gasteiger partial charge in [0.25, 0.3) is 0 Å². The van der Waals surface area contributed by atoms with Crippen LogP contribution in [0.5, 0.6) is 0 Å². The molecule has 1 fully saturated rings. The van der Waals surface area contributed by atoms with Crippen LogP contribution in [0.4, 0.5) is 10.9 Å². The number of nitrogens with zero attached hydrogens (tertiary/aromatic N) is 4. The molecule has 0 atom stereocenters. The molecule has 4 rings (SSSR count). The lowest BCUT2D eigenvalue weighted by Gasteiger charge is -2.31. The van der Waals surface area contributed by atoms with Gasteiger partial charge >= 0.3 is 0 Å². The van der Waals surface area contributed by atoms with Gasteiger partial charge in [-0.1, -0.05) is 23.7 Å². The standard InChI is InChI=1S/C20H20ClN5OS/c1-13-12-28-20(22-13)23-19(27)15-8-10-26(11-9-15)18-7-6-17(24-25-18)14-2-4-16(21)5-3-14/h2-7,12,15H,8-11H2,1H3,(H,22,23,27). The van der Waals surface area contributed by atoms with Crippen molar-refractivity contribution >= 4 is 39.8 Å². The Kier molecular flexibility index (Phi) is 5.54. The van der Waals surface area contributed by atoms with Gasteiger partial charge in [-0.25, -0.2) is 4.98 Å². The largest absolute Gasteiger partial charge is 0.355 e. The molecule has 28 heavy (non-hydrogen) atoms. The van der Waals surface area contributed by atoms with Crippen molar-refractivity contribution in [2.24, 2.45) is 5.92 Å². The van der Waals surface area contributed by atoms with Gasteiger partial charge in [0.2, 0.25) is 5.91 Å². The number of benzene rings is 1. The minimum absolute atomic E-state index is 0.00163. The molecule has 3 aromatic rings. The number of thiazole rings is 1. The smallest absolute Gasteiger partial charge is 0.229 e. The highest BCUT2D eigenvalue weighted by Gasteiger charge is 2.26. The van der Waals surface area contributed by atoms with E-state index >= 15 is 0 Å². The number of hydrogen-bond acceptors (Lipinski definition) is 6. The van der Waals surface area contributed by atoms with Gasteiger partial charge in [-0.2, -0.15) is 0 Å². The number of nitrogens with one attached hydrogen (secondary N) is 1. The highest BCUT2D eigenvalue weighted by Crippen LogP contribution is 2.25. The average Bonchev–Trinajstić information content (AvgIpc) is 3.13. The third kappa shape index (κ3) is 4.31. The molecule has 0 spiro atoms. The summed E-state index contributed by atoms with van der Waals surface area (Å²) in [6.07, 6.45) is 1.58. The maximum Gasteiger partial charge on any atom is 0.229 e. The Morgan fingerprint density at radius 1 is 1.14 bits per heavy atom. The molecule has 2 aromatic heterocycles. The molecule has 0 bridgehead atoms. The van der Waals surface area contributed by atoms with Gasteiger partial charge in [-0.05, 0) is 44.0 Å². The van der Waals surface area contributed by atoms with Gasteiger partial charge in [0.15, 0.2) is 10.9 Å². The number of rotatable bonds is 4. The number of hydrogen-bond donors (Lipinski definition) is 1. The van der Waals surface area contributed by atoms with Crippen LogP contribution in [0.25, 0.3) is 11.3 Å². The number of halogens is 1. The lowest BCUT2D eigenvalue weighted by atomic mass is 9.96. The van der Waals surface area contributed by atoms with E-state index < -0.39 is 0 Å². The van der Waals surface area contributed by atoms with Crippen LogP contribution in [0, 0.1) is 12.8 Å². The molecule has 0 saturated carbocycles. The van der Waals surface area contributed by atoms with Crippen molar-refractivity contribution in [2.75, 3.05) is 23.3 Å². The molecule has 6 nitrogen and oxygen atoms in total. The van der Waals surface area contributed by atoms with E-state index in [2.05, 4.69) is 25.4 Å². The summed E-state index contributed by atoms with van der Waals surface area (Å²) in [5, 5.41) is 15.0. The van der Waals surface area contributed by atoms with Gasteiger partial charge in [-0.15, -0.1) is 21.5 Å². The predicted molar refractivity (Wildman–Crippen MR) is 113 cm³/mol. The van der Waals surface area contributed by atoms with Gasteiger partial charge < -0.3 is 10.2 Å². The monoisotopic (exact) mass is 413 g/mol. The zero-order valence-electron chi connectivity index (χ0n) is 15.4. The molecule has 8 heteroatoms. The number of carbonyl (C=O) groups excluding carboxylic acids is 1. The number of carbonyl (C=O) groups is 1. The van der Waals surface area contributed by atoms with E-state index in [4.69, 9.17) is 11.6 Å². The van der Waals surface area contributed by atoms with Crippen LogP contribution >= 0.6 is 22.9 Å². The Labute approximate surface area is 172 Å². The maximum absolute atomic E-state index is 12.4. The number of piperidine rings is 1. The normalized spacial score (nSPS) is 14.9. The molecule has 1 aromatic carbocycles. The van der Waals surface area contributed by atoms with Crippen LogP contribution in [0.3, 0.4) is 0 Å². The summed E-state index contributed by atoms with van der Waals surface area (Å²) >= 11 is 7.39. The third-order valence-electron chi connectivity index (χ3n) is 4.83. The van der Waals surface area contributed by atoms with Gasteiger partial charge in [0.1, 0.15) is 0 Å². The van der Waals surface area contributed by atoms with Crippen LogP contribution in [-0.2, 0) is 4.79 Å². The number of anilines is 2. The first-order valence-electron chi connectivity index (χ1n) is 9.16.